The summed E-state index contributed by atoms with van der Waals surface area (Å²) in [6.45, 7) is 14.6. The van der Waals surface area contributed by atoms with Crippen LogP contribution in [-0.2, 0) is 13.6 Å². The minimum absolute atomic E-state index is 0.570. The molecule has 0 unspecified atom stereocenters. The lowest BCUT2D eigenvalue weighted by molar-refractivity contribution is 0.196. The van der Waals surface area contributed by atoms with Crippen LogP contribution in [0, 0.1) is 17.8 Å². The van der Waals surface area contributed by atoms with E-state index in [1.165, 1.54) is 19.3 Å². The van der Waals surface area contributed by atoms with Gasteiger partial charge in [0, 0.05) is 0 Å². The van der Waals surface area contributed by atoms with Crippen LogP contribution in [0.4, 0.5) is 0 Å². The molecule has 0 aliphatic rings. The fourth-order valence-electron chi connectivity index (χ4n) is 2.74. The fourth-order valence-corrected chi connectivity index (χ4v) is 4.50. The quantitative estimate of drug-likeness (QED) is 0.193. The molecule has 0 spiro atoms. The van der Waals surface area contributed by atoms with E-state index in [4.69, 9.17) is 9.05 Å². The summed E-state index contributed by atoms with van der Waals surface area (Å²) in [5.74, 6) is 2.15. The Labute approximate surface area is 158 Å². The topological polar surface area (TPSA) is 35.5 Å². The Balaban J connectivity index is 4.16. The summed E-state index contributed by atoms with van der Waals surface area (Å²) in [5.41, 5.74) is 0. The molecule has 0 radical (unpaired) electrons. The van der Waals surface area contributed by atoms with Gasteiger partial charge in [-0.2, -0.15) is 0 Å². The number of unbranched alkanes of at least 4 members (excludes halogenated alkanes) is 3. The van der Waals surface area contributed by atoms with Crippen molar-refractivity contribution in [2.75, 3.05) is 19.4 Å². The van der Waals surface area contributed by atoms with Crippen molar-refractivity contribution in [1.29, 1.82) is 0 Å². The molecule has 0 saturated carbocycles. The molecule has 4 heteroatoms. The first-order valence-corrected chi connectivity index (χ1v) is 12.4. The second kappa shape index (κ2) is 15.2. The first kappa shape index (κ1) is 25.1. The van der Waals surface area contributed by atoms with Gasteiger partial charge in [-0.1, -0.05) is 80.1 Å². The highest BCUT2D eigenvalue weighted by atomic mass is 31.2. The molecule has 0 bridgehead atoms. The molecule has 25 heavy (non-hydrogen) atoms. The van der Waals surface area contributed by atoms with E-state index in [2.05, 4.69) is 41.5 Å². The van der Waals surface area contributed by atoms with Gasteiger partial charge in [0.15, 0.2) is 0 Å². The van der Waals surface area contributed by atoms with E-state index in [9.17, 15) is 4.57 Å². The molecular formula is C21H45O3P. The van der Waals surface area contributed by atoms with Gasteiger partial charge in [-0.3, -0.25) is 4.57 Å². The van der Waals surface area contributed by atoms with Crippen molar-refractivity contribution in [1.82, 2.24) is 0 Å². The molecule has 0 heterocycles. The highest BCUT2D eigenvalue weighted by Crippen LogP contribution is 2.49. The van der Waals surface area contributed by atoms with Crippen molar-refractivity contribution in [2.24, 2.45) is 17.8 Å². The van der Waals surface area contributed by atoms with Crippen molar-refractivity contribution in [3.8, 4) is 0 Å². The predicted octanol–water partition coefficient (Wildman–Crippen LogP) is 7.69. The molecule has 0 aromatic heterocycles. The van der Waals surface area contributed by atoms with Gasteiger partial charge in [0.1, 0.15) is 0 Å². The van der Waals surface area contributed by atoms with Crippen LogP contribution in [0.1, 0.15) is 99.3 Å². The van der Waals surface area contributed by atoms with Crippen LogP contribution in [-0.4, -0.2) is 19.4 Å². The molecule has 0 aliphatic carbocycles. The summed E-state index contributed by atoms with van der Waals surface area (Å²) in [5, 5.41) is 0. The van der Waals surface area contributed by atoms with E-state index >= 15 is 0 Å². The Morgan fingerprint density at radius 1 is 0.600 bits per heavy atom. The van der Waals surface area contributed by atoms with E-state index in [0.717, 1.165) is 50.4 Å². The van der Waals surface area contributed by atoms with Crippen LogP contribution in [0.5, 0.6) is 0 Å². The Morgan fingerprint density at radius 2 is 0.960 bits per heavy atom. The molecule has 0 aromatic rings. The van der Waals surface area contributed by atoms with E-state index in [0.29, 0.717) is 25.3 Å². The predicted molar refractivity (Wildman–Crippen MR) is 110 cm³/mol. The molecular weight excluding hydrogens is 331 g/mol. The third-order valence-electron chi connectivity index (χ3n) is 4.39. The second-order valence-corrected chi connectivity index (χ2v) is 10.9. The Morgan fingerprint density at radius 3 is 1.32 bits per heavy atom. The standard InChI is InChI=1S/C21H45O3P/c1-19(2)13-7-10-16-23-25(22,18-12-9-15-21(5)6)24-17-11-8-14-20(3)4/h19-21H,7-18H2,1-6H3. The zero-order valence-electron chi connectivity index (χ0n) is 17.9. The van der Waals surface area contributed by atoms with Gasteiger partial charge in [0.05, 0.1) is 19.4 Å². The van der Waals surface area contributed by atoms with Gasteiger partial charge in [0.25, 0.3) is 0 Å². The Bertz CT molecular complexity index is 318. The third kappa shape index (κ3) is 17.3. The minimum Gasteiger partial charge on any atom is -0.309 e. The van der Waals surface area contributed by atoms with Gasteiger partial charge in [-0.15, -0.1) is 0 Å². The lowest BCUT2D eigenvalue weighted by atomic mass is 10.1. The van der Waals surface area contributed by atoms with Crippen LogP contribution in [0.25, 0.3) is 0 Å². The second-order valence-electron chi connectivity index (χ2n) is 8.67. The average Bonchev–Trinajstić information content (AvgIpc) is 2.50. The lowest BCUT2D eigenvalue weighted by Crippen LogP contribution is -2.04. The fraction of sp³-hybridized carbons (Fsp3) is 1.00. The lowest BCUT2D eigenvalue weighted by Gasteiger charge is -2.19. The van der Waals surface area contributed by atoms with Gasteiger partial charge in [-0.25, -0.2) is 0 Å². The van der Waals surface area contributed by atoms with Crippen molar-refractivity contribution < 1.29 is 13.6 Å². The third-order valence-corrected chi connectivity index (χ3v) is 6.41. The number of hydrogen-bond acceptors (Lipinski definition) is 3. The first-order valence-electron chi connectivity index (χ1n) is 10.6. The van der Waals surface area contributed by atoms with E-state index in [1.54, 1.807) is 0 Å². The molecule has 3 nitrogen and oxygen atoms in total. The summed E-state index contributed by atoms with van der Waals surface area (Å²) in [6.07, 6.45) is 10.4. The largest absolute Gasteiger partial charge is 0.330 e. The summed E-state index contributed by atoms with van der Waals surface area (Å²) < 4.78 is 24.6. The molecule has 0 aliphatic heterocycles. The van der Waals surface area contributed by atoms with Crippen molar-refractivity contribution in [3.05, 3.63) is 0 Å². The van der Waals surface area contributed by atoms with Crippen LogP contribution >= 0.6 is 7.60 Å². The molecule has 0 rings (SSSR count). The summed E-state index contributed by atoms with van der Waals surface area (Å²) in [4.78, 5) is 0. The maximum absolute atomic E-state index is 13.0. The first-order chi connectivity index (χ1) is 11.7. The molecule has 0 fully saturated rings. The van der Waals surface area contributed by atoms with Crippen molar-refractivity contribution >= 4 is 7.60 Å². The molecule has 0 saturated heterocycles. The van der Waals surface area contributed by atoms with Gasteiger partial charge < -0.3 is 9.05 Å². The minimum atomic E-state index is -2.91. The van der Waals surface area contributed by atoms with Crippen LogP contribution in [0.2, 0.25) is 0 Å². The van der Waals surface area contributed by atoms with Crippen LogP contribution < -0.4 is 0 Å². The molecule has 152 valence electrons. The number of rotatable bonds is 17. The van der Waals surface area contributed by atoms with E-state index in [-0.39, 0.29) is 0 Å². The molecule has 0 aromatic carbocycles. The highest BCUT2D eigenvalue weighted by Gasteiger charge is 2.23. The van der Waals surface area contributed by atoms with Gasteiger partial charge in [-0.05, 0) is 37.0 Å². The Hall–Kier alpha value is 0.150. The summed E-state index contributed by atoms with van der Waals surface area (Å²) >= 11 is 0. The van der Waals surface area contributed by atoms with E-state index < -0.39 is 7.60 Å². The van der Waals surface area contributed by atoms with Crippen molar-refractivity contribution in [3.63, 3.8) is 0 Å². The maximum atomic E-state index is 13.0. The van der Waals surface area contributed by atoms with Gasteiger partial charge >= 0.3 is 7.60 Å². The summed E-state index contributed by atoms with van der Waals surface area (Å²) in [6, 6.07) is 0. The summed E-state index contributed by atoms with van der Waals surface area (Å²) in [7, 11) is -2.91. The van der Waals surface area contributed by atoms with Crippen molar-refractivity contribution in [2.45, 2.75) is 99.3 Å². The SMILES string of the molecule is CC(C)CCCCOP(=O)(CCCCC(C)C)OCCCCC(C)C. The molecule has 0 N–H and O–H groups in total. The van der Waals surface area contributed by atoms with Crippen LogP contribution in [0.3, 0.4) is 0 Å². The van der Waals surface area contributed by atoms with E-state index in [1.807, 2.05) is 0 Å². The average molecular weight is 377 g/mol. The zero-order chi connectivity index (χ0) is 19.1. The molecule has 0 amide bonds. The highest BCUT2D eigenvalue weighted by molar-refractivity contribution is 7.53. The molecule has 0 atom stereocenters. The monoisotopic (exact) mass is 376 g/mol. The van der Waals surface area contributed by atoms with Crippen LogP contribution in [0.15, 0.2) is 0 Å². The zero-order valence-corrected chi connectivity index (χ0v) is 18.8. The smallest absolute Gasteiger partial charge is 0.309 e. The Kier molecular flexibility index (Phi) is 15.3. The normalized spacial score (nSPS) is 12.7. The number of hydrogen-bond donors (Lipinski definition) is 0. The maximum Gasteiger partial charge on any atom is 0.330 e. The van der Waals surface area contributed by atoms with Gasteiger partial charge in [0.2, 0.25) is 0 Å².